The zero-order valence-corrected chi connectivity index (χ0v) is 12.6. The van der Waals surface area contributed by atoms with E-state index in [1.807, 2.05) is 0 Å². The standard InChI is InChI=1S/C17H20F3NO2/c18-17(19,20)14-4-2-1-3-11(14)8-15(23)21-16-12-6-5-10(7-12)13(16)9-22/h1-4,10,12-13,16,22H,5-9H2,(H,21,23). The monoisotopic (exact) mass is 327 g/mol. The fourth-order valence-electron chi connectivity index (χ4n) is 4.26. The Kier molecular flexibility index (Phi) is 4.36. The van der Waals surface area contributed by atoms with Gasteiger partial charge in [-0.3, -0.25) is 4.79 Å². The van der Waals surface area contributed by atoms with E-state index >= 15 is 0 Å². The second-order valence-corrected chi connectivity index (χ2v) is 6.60. The van der Waals surface area contributed by atoms with Crippen molar-refractivity contribution in [3.63, 3.8) is 0 Å². The quantitative estimate of drug-likeness (QED) is 0.893. The molecule has 2 aliphatic rings. The molecule has 126 valence electrons. The number of carbonyl (C=O) groups excluding carboxylic acids is 1. The second-order valence-electron chi connectivity index (χ2n) is 6.60. The first kappa shape index (κ1) is 16.3. The fraction of sp³-hybridized carbons (Fsp3) is 0.588. The SMILES string of the molecule is O=C(Cc1ccccc1C(F)(F)F)NC1C2CCC(C2)C1CO. The summed E-state index contributed by atoms with van der Waals surface area (Å²) in [5.41, 5.74) is -0.775. The van der Waals surface area contributed by atoms with Crippen LogP contribution in [-0.4, -0.2) is 23.7 Å². The lowest BCUT2D eigenvalue weighted by atomic mass is 9.85. The van der Waals surface area contributed by atoms with E-state index in [0.717, 1.165) is 25.3 Å². The molecule has 4 unspecified atom stereocenters. The Morgan fingerprint density at radius 2 is 1.91 bits per heavy atom. The number of fused-ring (bicyclic) bond motifs is 2. The number of aliphatic hydroxyl groups excluding tert-OH is 1. The van der Waals surface area contributed by atoms with Crippen molar-refractivity contribution in [2.45, 2.75) is 37.9 Å². The molecule has 23 heavy (non-hydrogen) atoms. The molecular formula is C17H20F3NO2. The third kappa shape index (κ3) is 3.22. The van der Waals surface area contributed by atoms with Crippen molar-refractivity contribution in [2.24, 2.45) is 17.8 Å². The lowest BCUT2D eigenvalue weighted by Crippen LogP contribution is -2.45. The van der Waals surface area contributed by atoms with E-state index in [-0.39, 0.29) is 30.6 Å². The third-order valence-corrected chi connectivity index (χ3v) is 5.30. The topological polar surface area (TPSA) is 49.3 Å². The van der Waals surface area contributed by atoms with Crippen LogP contribution in [0.2, 0.25) is 0 Å². The van der Waals surface area contributed by atoms with Gasteiger partial charge in [-0.15, -0.1) is 0 Å². The van der Waals surface area contributed by atoms with Crippen LogP contribution >= 0.6 is 0 Å². The Morgan fingerprint density at radius 1 is 1.22 bits per heavy atom. The van der Waals surface area contributed by atoms with Gasteiger partial charge in [0.25, 0.3) is 0 Å². The smallest absolute Gasteiger partial charge is 0.396 e. The molecule has 0 saturated heterocycles. The van der Waals surface area contributed by atoms with Crippen LogP contribution in [0, 0.1) is 17.8 Å². The maximum Gasteiger partial charge on any atom is 0.416 e. The number of alkyl halides is 3. The van der Waals surface area contributed by atoms with Crippen LogP contribution in [0.25, 0.3) is 0 Å². The maximum absolute atomic E-state index is 13.0. The minimum Gasteiger partial charge on any atom is -0.396 e. The van der Waals surface area contributed by atoms with Crippen LogP contribution in [0.15, 0.2) is 24.3 Å². The zero-order chi connectivity index (χ0) is 16.6. The minimum atomic E-state index is -4.46. The number of halogens is 3. The van der Waals surface area contributed by atoms with Gasteiger partial charge < -0.3 is 10.4 Å². The summed E-state index contributed by atoms with van der Waals surface area (Å²) in [4.78, 5) is 12.2. The van der Waals surface area contributed by atoms with E-state index in [1.54, 1.807) is 0 Å². The molecule has 4 atom stereocenters. The highest BCUT2D eigenvalue weighted by Gasteiger charge is 2.47. The van der Waals surface area contributed by atoms with E-state index in [9.17, 15) is 23.1 Å². The summed E-state index contributed by atoms with van der Waals surface area (Å²) >= 11 is 0. The Morgan fingerprint density at radius 3 is 2.61 bits per heavy atom. The van der Waals surface area contributed by atoms with Crippen LogP contribution in [0.4, 0.5) is 13.2 Å². The Bertz CT molecular complexity index is 587. The molecule has 1 amide bonds. The summed E-state index contributed by atoms with van der Waals surface area (Å²) in [6, 6.07) is 5.06. The fourth-order valence-corrected chi connectivity index (χ4v) is 4.26. The number of nitrogens with one attached hydrogen (secondary N) is 1. The summed E-state index contributed by atoms with van der Waals surface area (Å²) in [5, 5.41) is 12.4. The van der Waals surface area contributed by atoms with Gasteiger partial charge >= 0.3 is 6.18 Å². The zero-order valence-electron chi connectivity index (χ0n) is 12.6. The molecule has 6 heteroatoms. The van der Waals surface area contributed by atoms with Crippen LogP contribution in [0.5, 0.6) is 0 Å². The van der Waals surface area contributed by atoms with Gasteiger partial charge in [-0.05, 0) is 42.7 Å². The Hall–Kier alpha value is -1.56. The van der Waals surface area contributed by atoms with Crippen LogP contribution in [0.3, 0.4) is 0 Å². The van der Waals surface area contributed by atoms with Crippen molar-refractivity contribution >= 4 is 5.91 Å². The Labute approximate surface area is 132 Å². The highest BCUT2D eigenvalue weighted by atomic mass is 19.4. The van der Waals surface area contributed by atoms with Crippen molar-refractivity contribution < 1.29 is 23.1 Å². The molecule has 2 fully saturated rings. The average molecular weight is 327 g/mol. The number of hydrogen-bond donors (Lipinski definition) is 2. The molecule has 0 aromatic heterocycles. The molecule has 1 aromatic carbocycles. The van der Waals surface area contributed by atoms with E-state index in [1.165, 1.54) is 18.2 Å². The third-order valence-electron chi connectivity index (χ3n) is 5.30. The number of benzene rings is 1. The molecule has 1 aromatic rings. The highest BCUT2D eigenvalue weighted by molar-refractivity contribution is 5.79. The molecule has 2 aliphatic carbocycles. The van der Waals surface area contributed by atoms with Gasteiger partial charge in [0.1, 0.15) is 0 Å². The summed E-state index contributed by atoms with van der Waals surface area (Å²) in [6.07, 6.45) is -1.67. The van der Waals surface area contributed by atoms with Crippen LogP contribution < -0.4 is 5.32 Å². The second kappa shape index (κ2) is 6.15. The minimum absolute atomic E-state index is 0.0128. The van der Waals surface area contributed by atoms with Gasteiger partial charge in [0.15, 0.2) is 0 Å². The average Bonchev–Trinajstić information content (AvgIpc) is 3.07. The summed E-state index contributed by atoms with van der Waals surface area (Å²) in [5.74, 6) is 0.407. The highest BCUT2D eigenvalue weighted by Crippen LogP contribution is 2.48. The summed E-state index contributed by atoms with van der Waals surface area (Å²) in [7, 11) is 0. The molecule has 0 radical (unpaired) electrons. The van der Waals surface area contributed by atoms with Gasteiger partial charge in [-0.25, -0.2) is 0 Å². The molecular weight excluding hydrogens is 307 g/mol. The molecule has 2 saturated carbocycles. The van der Waals surface area contributed by atoms with E-state index in [2.05, 4.69) is 5.32 Å². The van der Waals surface area contributed by atoms with Crippen molar-refractivity contribution in [3.8, 4) is 0 Å². The van der Waals surface area contributed by atoms with E-state index in [4.69, 9.17) is 0 Å². The van der Waals surface area contributed by atoms with E-state index < -0.39 is 17.6 Å². The maximum atomic E-state index is 13.0. The lowest BCUT2D eigenvalue weighted by Gasteiger charge is -2.30. The largest absolute Gasteiger partial charge is 0.416 e. The van der Waals surface area contributed by atoms with Gasteiger partial charge in [0, 0.05) is 18.6 Å². The van der Waals surface area contributed by atoms with E-state index in [0.29, 0.717) is 11.8 Å². The number of aliphatic hydroxyl groups is 1. The first-order valence-corrected chi connectivity index (χ1v) is 7.95. The number of rotatable bonds is 4. The van der Waals surface area contributed by atoms with Crippen LogP contribution in [0.1, 0.15) is 30.4 Å². The van der Waals surface area contributed by atoms with Crippen LogP contribution in [-0.2, 0) is 17.4 Å². The first-order chi connectivity index (χ1) is 10.9. The number of hydrogen-bond acceptors (Lipinski definition) is 2. The Balaban J connectivity index is 1.69. The molecule has 0 aliphatic heterocycles. The van der Waals surface area contributed by atoms with Gasteiger partial charge in [0.05, 0.1) is 12.0 Å². The molecule has 2 bridgehead atoms. The number of carbonyl (C=O) groups is 1. The molecule has 2 N–H and O–H groups in total. The normalized spacial score (nSPS) is 29.7. The van der Waals surface area contributed by atoms with Gasteiger partial charge in [-0.1, -0.05) is 18.2 Å². The molecule has 0 spiro atoms. The van der Waals surface area contributed by atoms with Gasteiger partial charge in [0.2, 0.25) is 5.91 Å². The first-order valence-electron chi connectivity index (χ1n) is 7.95. The van der Waals surface area contributed by atoms with Crippen molar-refractivity contribution in [1.82, 2.24) is 5.32 Å². The molecule has 3 nitrogen and oxygen atoms in total. The summed E-state index contributed by atoms with van der Waals surface area (Å²) in [6.45, 7) is 0.0191. The predicted molar refractivity (Wildman–Crippen MR) is 78.5 cm³/mol. The predicted octanol–water partition coefficient (Wildman–Crippen LogP) is 2.77. The molecule has 3 rings (SSSR count). The molecule has 0 heterocycles. The number of amides is 1. The van der Waals surface area contributed by atoms with Crippen molar-refractivity contribution in [3.05, 3.63) is 35.4 Å². The van der Waals surface area contributed by atoms with Crippen molar-refractivity contribution in [2.75, 3.05) is 6.61 Å². The lowest BCUT2D eigenvalue weighted by molar-refractivity contribution is -0.138. The van der Waals surface area contributed by atoms with Crippen molar-refractivity contribution in [1.29, 1.82) is 0 Å². The summed E-state index contributed by atoms with van der Waals surface area (Å²) < 4.78 is 38.9. The van der Waals surface area contributed by atoms with Gasteiger partial charge in [-0.2, -0.15) is 13.2 Å².